The smallest absolute Gasteiger partial charge is 0.241 e. The minimum absolute atomic E-state index is 0.0724. The molecule has 1 aromatic carbocycles. The van der Waals surface area contributed by atoms with E-state index < -0.39 is 6.04 Å². The van der Waals surface area contributed by atoms with Gasteiger partial charge in [-0.3, -0.25) is 4.79 Å². The molecule has 0 bridgehead atoms. The van der Waals surface area contributed by atoms with Crippen molar-refractivity contribution in [1.82, 2.24) is 10.2 Å². The lowest BCUT2D eigenvalue weighted by Gasteiger charge is -2.31. The largest absolute Gasteiger partial charge is 0.354 e. The van der Waals surface area contributed by atoms with E-state index in [1.165, 1.54) is 5.56 Å². The second-order valence-corrected chi connectivity index (χ2v) is 6.01. The van der Waals surface area contributed by atoms with Crippen molar-refractivity contribution in [3.63, 3.8) is 0 Å². The normalized spacial score (nSPS) is 18.4. The number of piperidine rings is 1. The minimum Gasteiger partial charge on any atom is -0.354 e. The summed E-state index contributed by atoms with van der Waals surface area (Å²) < 4.78 is 0. The first-order chi connectivity index (χ1) is 10.1. The summed E-state index contributed by atoms with van der Waals surface area (Å²) in [6, 6.07) is 7.27. The molecule has 4 heteroatoms. The van der Waals surface area contributed by atoms with Crippen LogP contribution in [0.2, 0.25) is 0 Å². The zero-order chi connectivity index (χ0) is 15.2. The van der Waals surface area contributed by atoms with Crippen molar-refractivity contribution >= 4 is 5.91 Å². The number of nitrogens with two attached hydrogens (primary N) is 1. The van der Waals surface area contributed by atoms with E-state index in [1.807, 2.05) is 31.2 Å². The Morgan fingerprint density at radius 1 is 1.33 bits per heavy atom. The lowest BCUT2D eigenvalue weighted by molar-refractivity contribution is -0.122. The van der Waals surface area contributed by atoms with E-state index in [0.29, 0.717) is 5.92 Å². The van der Waals surface area contributed by atoms with Crippen molar-refractivity contribution < 1.29 is 4.79 Å². The highest BCUT2D eigenvalue weighted by Gasteiger charge is 2.20. The van der Waals surface area contributed by atoms with Gasteiger partial charge in [-0.25, -0.2) is 0 Å². The van der Waals surface area contributed by atoms with Crippen molar-refractivity contribution in [2.45, 2.75) is 32.7 Å². The fourth-order valence-corrected chi connectivity index (χ4v) is 2.79. The van der Waals surface area contributed by atoms with Gasteiger partial charge in [0.05, 0.1) is 0 Å². The molecule has 2 rings (SSSR count). The van der Waals surface area contributed by atoms with Crippen LogP contribution in [0.3, 0.4) is 0 Å². The Bertz CT molecular complexity index is 450. The molecule has 1 unspecified atom stereocenters. The molecule has 1 aliphatic heterocycles. The minimum atomic E-state index is -0.568. The fourth-order valence-electron chi connectivity index (χ4n) is 2.79. The van der Waals surface area contributed by atoms with Gasteiger partial charge in [0, 0.05) is 6.54 Å². The molecule has 1 aromatic rings. The summed E-state index contributed by atoms with van der Waals surface area (Å²) in [6.45, 7) is 8.37. The first-order valence-electron chi connectivity index (χ1n) is 7.92. The number of hydrogen-bond donors (Lipinski definition) is 2. The van der Waals surface area contributed by atoms with Crippen LogP contribution in [-0.4, -0.2) is 37.0 Å². The number of carbonyl (C=O) groups excluding carboxylic acids is 1. The maximum Gasteiger partial charge on any atom is 0.241 e. The molecule has 0 aliphatic carbocycles. The van der Waals surface area contributed by atoms with Crippen LogP contribution in [0.4, 0.5) is 0 Å². The van der Waals surface area contributed by atoms with E-state index in [0.717, 1.165) is 44.6 Å². The second-order valence-electron chi connectivity index (χ2n) is 6.01. The van der Waals surface area contributed by atoms with Gasteiger partial charge in [-0.05, 0) is 50.9 Å². The molecule has 1 aliphatic rings. The Morgan fingerprint density at radius 3 is 2.52 bits per heavy atom. The monoisotopic (exact) mass is 289 g/mol. The number of aryl methyl sites for hydroxylation is 1. The summed E-state index contributed by atoms with van der Waals surface area (Å²) in [7, 11) is 0. The van der Waals surface area contributed by atoms with Crippen molar-refractivity contribution in [2.24, 2.45) is 11.7 Å². The third-order valence-corrected chi connectivity index (χ3v) is 4.44. The molecule has 1 saturated heterocycles. The summed E-state index contributed by atoms with van der Waals surface area (Å²) >= 11 is 0. The molecule has 1 heterocycles. The Labute approximate surface area is 127 Å². The van der Waals surface area contributed by atoms with Crippen molar-refractivity contribution in [2.75, 3.05) is 26.2 Å². The lowest BCUT2D eigenvalue weighted by atomic mass is 9.96. The second kappa shape index (κ2) is 7.57. The van der Waals surface area contributed by atoms with Crippen LogP contribution in [0, 0.1) is 12.8 Å². The van der Waals surface area contributed by atoms with Crippen molar-refractivity contribution in [3.05, 3.63) is 35.4 Å². The van der Waals surface area contributed by atoms with Crippen LogP contribution in [0.5, 0.6) is 0 Å². The standard InChI is InChI=1S/C17H27N3O/c1-3-20-10-8-14(9-11-20)12-19-17(21)16(18)15-6-4-13(2)5-7-15/h4-7,14,16H,3,8-12,18H2,1-2H3,(H,19,21). The molecule has 0 radical (unpaired) electrons. The van der Waals surface area contributed by atoms with Gasteiger partial charge in [0.25, 0.3) is 0 Å². The van der Waals surface area contributed by atoms with Gasteiger partial charge in [-0.2, -0.15) is 0 Å². The van der Waals surface area contributed by atoms with E-state index >= 15 is 0 Å². The highest BCUT2D eigenvalue weighted by atomic mass is 16.2. The topological polar surface area (TPSA) is 58.4 Å². The summed E-state index contributed by atoms with van der Waals surface area (Å²) in [5.74, 6) is 0.513. The molecular formula is C17H27N3O. The maximum absolute atomic E-state index is 12.1. The van der Waals surface area contributed by atoms with E-state index in [9.17, 15) is 4.79 Å². The van der Waals surface area contributed by atoms with Gasteiger partial charge < -0.3 is 16.0 Å². The molecule has 0 spiro atoms. The van der Waals surface area contributed by atoms with Crippen LogP contribution in [-0.2, 0) is 4.79 Å². The third-order valence-electron chi connectivity index (χ3n) is 4.44. The average Bonchev–Trinajstić information content (AvgIpc) is 2.53. The summed E-state index contributed by atoms with van der Waals surface area (Å²) in [5, 5.41) is 3.02. The lowest BCUT2D eigenvalue weighted by Crippen LogP contribution is -2.41. The Morgan fingerprint density at radius 2 is 1.95 bits per heavy atom. The van der Waals surface area contributed by atoms with E-state index in [-0.39, 0.29) is 5.91 Å². The summed E-state index contributed by atoms with van der Waals surface area (Å²) in [4.78, 5) is 14.6. The zero-order valence-corrected chi connectivity index (χ0v) is 13.1. The quantitative estimate of drug-likeness (QED) is 0.869. The van der Waals surface area contributed by atoms with Gasteiger partial charge in [0.15, 0.2) is 0 Å². The molecule has 1 fully saturated rings. The van der Waals surface area contributed by atoms with E-state index in [4.69, 9.17) is 5.73 Å². The van der Waals surface area contributed by atoms with Crippen LogP contribution in [0.15, 0.2) is 24.3 Å². The predicted molar refractivity (Wildman–Crippen MR) is 86.0 cm³/mol. The van der Waals surface area contributed by atoms with Gasteiger partial charge in [0.1, 0.15) is 6.04 Å². The van der Waals surface area contributed by atoms with Crippen LogP contribution in [0.25, 0.3) is 0 Å². The third kappa shape index (κ3) is 4.55. The number of rotatable bonds is 5. The number of hydrogen-bond acceptors (Lipinski definition) is 3. The number of nitrogens with one attached hydrogen (secondary N) is 1. The maximum atomic E-state index is 12.1. The number of amides is 1. The van der Waals surface area contributed by atoms with E-state index in [2.05, 4.69) is 17.1 Å². The SMILES string of the molecule is CCN1CCC(CNC(=O)C(N)c2ccc(C)cc2)CC1. The van der Waals surface area contributed by atoms with Crippen LogP contribution < -0.4 is 11.1 Å². The number of likely N-dealkylation sites (tertiary alicyclic amines) is 1. The zero-order valence-electron chi connectivity index (χ0n) is 13.1. The predicted octanol–water partition coefficient (Wildman–Crippen LogP) is 1.84. The first kappa shape index (κ1) is 16.0. The number of nitrogens with zero attached hydrogens (tertiary/aromatic N) is 1. The Balaban J connectivity index is 1.78. The highest BCUT2D eigenvalue weighted by molar-refractivity contribution is 5.82. The van der Waals surface area contributed by atoms with Gasteiger partial charge in [-0.15, -0.1) is 0 Å². The highest BCUT2D eigenvalue weighted by Crippen LogP contribution is 2.17. The van der Waals surface area contributed by atoms with Crippen molar-refractivity contribution in [1.29, 1.82) is 0 Å². The van der Waals surface area contributed by atoms with Gasteiger partial charge >= 0.3 is 0 Å². The fraction of sp³-hybridized carbons (Fsp3) is 0.588. The molecule has 0 aromatic heterocycles. The first-order valence-corrected chi connectivity index (χ1v) is 7.92. The molecule has 1 atom stereocenters. The summed E-state index contributed by atoms with van der Waals surface area (Å²) in [6.07, 6.45) is 2.32. The van der Waals surface area contributed by atoms with Crippen molar-refractivity contribution in [3.8, 4) is 0 Å². The molecule has 4 nitrogen and oxygen atoms in total. The molecule has 0 saturated carbocycles. The van der Waals surface area contributed by atoms with Crippen LogP contribution >= 0.6 is 0 Å². The average molecular weight is 289 g/mol. The Hall–Kier alpha value is -1.39. The summed E-state index contributed by atoms with van der Waals surface area (Å²) in [5.41, 5.74) is 8.08. The number of benzene rings is 1. The molecule has 21 heavy (non-hydrogen) atoms. The van der Waals surface area contributed by atoms with Crippen LogP contribution in [0.1, 0.15) is 36.9 Å². The van der Waals surface area contributed by atoms with Gasteiger partial charge in [-0.1, -0.05) is 36.8 Å². The molecule has 1 amide bonds. The molecule has 3 N–H and O–H groups in total. The molecule has 116 valence electrons. The number of carbonyl (C=O) groups is 1. The Kier molecular flexibility index (Phi) is 5.76. The van der Waals surface area contributed by atoms with Gasteiger partial charge in [0.2, 0.25) is 5.91 Å². The molecular weight excluding hydrogens is 262 g/mol. The van der Waals surface area contributed by atoms with E-state index in [1.54, 1.807) is 0 Å².